The van der Waals surface area contributed by atoms with Crippen molar-refractivity contribution in [3.05, 3.63) is 28.8 Å². The van der Waals surface area contributed by atoms with Gasteiger partial charge in [-0.05, 0) is 48.9 Å². The van der Waals surface area contributed by atoms with Crippen molar-refractivity contribution in [2.75, 3.05) is 6.26 Å². The Hall–Kier alpha value is -0.510. The molecule has 2 nitrogen and oxygen atoms in total. The van der Waals surface area contributed by atoms with Gasteiger partial charge in [-0.15, -0.1) is 11.8 Å². The van der Waals surface area contributed by atoms with Crippen molar-refractivity contribution >= 4 is 11.8 Å². The Bertz CT molecular complexity index is 299. The highest BCUT2D eigenvalue weighted by atomic mass is 32.2. The molecule has 1 aromatic carbocycles. The van der Waals surface area contributed by atoms with Gasteiger partial charge in [-0.25, -0.2) is 5.48 Å². The number of aryl methyl sites for hydroxylation is 1. The van der Waals surface area contributed by atoms with Gasteiger partial charge in [0.1, 0.15) is 0 Å². The second kappa shape index (κ2) is 4.65. The zero-order chi connectivity index (χ0) is 9.84. The number of thioether (sulfide) groups is 1. The molecule has 0 aliphatic carbocycles. The SMILES string of the molecule is CSc1cc(C)c(C)c(CNO)c1. The van der Waals surface area contributed by atoms with Gasteiger partial charge >= 0.3 is 0 Å². The van der Waals surface area contributed by atoms with Crippen LogP contribution in [-0.2, 0) is 6.54 Å². The van der Waals surface area contributed by atoms with Gasteiger partial charge < -0.3 is 5.21 Å². The normalized spacial score (nSPS) is 10.5. The molecule has 3 heteroatoms. The van der Waals surface area contributed by atoms with Crippen molar-refractivity contribution in [2.24, 2.45) is 0 Å². The molecule has 0 aliphatic rings. The molecule has 72 valence electrons. The molecule has 0 spiro atoms. The number of nitrogens with one attached hydrogen (secondary N) is 1. The molecular formula is C10H15NOS. The zero-order valence-electron chi connectivity index (χ0n) is 8.22. The first-order chi connectivity index (χ1) is 6.19. The number of hydroxylamine groups is 1. The Balaban J connectivity index is 3.09. The maximum Gasteiger partial charge on any atom is 0.0461 e. The van der Waals surface area contributed by atoms with Crippen LogP contribution in [-0.4, -0.2) is 11.5 Å². The summed E-state index contributed by atoms with van der Waals surface area (Å²) in [6, 6.07) is 4.27. The maximum atomic E-state index is 8.64. The monoisotopic (exact) mass is 197 g/mol. The lowest BCUT2D eigenvalue weighted by molar-refractivity contribution is 0.161. The van der Waals surface area contributed by atoms with Gasteiger partial charge in [0.15, 0.2) is 0 Å². The van der Waals surface area contributed by atoms with Gasteiger partial charge in [0, 0.05) is 11.4 Å². The summed E-state index contributed by atoms with van der Waals surface area (Å²) in [6.07, 6.45) is 2.06. The standard InChI is InChI=1S/C10H15NOS/c1-7-4-10(13-3)5-9(6-11-12)8(7)2/h4-5,11-12H,6H2,1-3H3. The summed E-state index contributed by atoms with van der Waals surface area (Å²) in [4.78, 5) is 1.24. The Morgan fingerprint density at radius 2 is 2.08 bits per heavy atom. The minimum atomic E-state index is 0.515. The molecule has 0 atom stereocenters. The van der Waals surface area contributed by atoms with Crippen LogP contribution < -0.4 is 5.48 Å². The quantitative estimate of drug-likeness (QED) is 0.577. The van der Waals surface area contributed by atoms with Gasteiger partial charge in [0.2, 0.25) is 0 Å². The molecule has 0 bridgehead atoms. The number of hydrogen-bond acceptors (Lipinski definition) is 3. The smallest absolute Gasteiger partial charge is 0.0461 e. The van der Waals surface area contributed by atoms with Crippen LogP contribution in [0.2, 0.25) is 0 Å². The molecule has 1 aromatic rings. The van der Waals surface area contributed by atoms with Crippen LogP contribution in [0.5, 0.6) is 0 Å². The van der Waals surface area contributed by atoms with Gasteiger partial charge in [-0.3, -0.25) is 0 Å². The van der Waals surface area contributed by atoms with E-state index in [1.54, 1.807) is 11.8 Å². The summed E-state index contributed by atoms with van der Waals surface area (Å²) in [5.41, 5.74) is 5.88. The van der Waals surface area contributed by atoms with Crippen molar-refractivity contribution in [2.45, 2.75) is 25.3 Å². The van der Waals surface area contributed by atoms with Gasteiger partial charge in [-0.2, -0.15) is 0 Å². The van der Waals surface area contributed by atoms with Gasteiger partial charge in [-0.1, -0.05) is 0 Å². The van der Waals surface area contributed by atoms with Gasteiger partial charge in [0.05, 0.1) is 0 Å². The van der Waals surface area contributed by atoms with E-state index in [9.17, 15) is 0 Å². The Labute approximate surface area is 83.3 Å². The van der Waals surface area contributed by atoms with E-state index >= 15 is 0 Å². The molecular weight excluding hydrogens is 182 g/mol. The van der Waals surface area contributed by atoms with Crippen molar-refractivity contribution in [3.63, 3.8) is 0 Å². The van der Waals surface area contributed by atoms with Crippen molar-refractivity contribution in [1.82, 2.24) is 5.48 Å². The number of benzene rings is 1. The fourth-order valence-electron chi connectivity index (χ4n) is 1.28. The highest BCUT2D eigenvalue weighted by Gasteiger charge is 2.03. The molecule has 0 aliphatic heterocycles. The van der Waals surface area contributed by atoms with E-state index in [0.29, 0.717) is 6.54 Å². The average Bonchev–Trinajstić information content (AvgIpc) is 2.13. The maximum absolute atomic E-state index is 8.64. The molecule has 0 fully saturated rings. The van der Waals surface area contributed by atoms with Crippen LogP contribution in [0, 0.1) is 13.8 Å². The van der Waals surface area contributed by atoms with Crippen LogP contribution >= 0.6 is 11.8 Å². The van der Waals surface area contributed by atoms with E-state index in [1.807, 2.05) is 0 Å². The van der Waals surface area contributed by atoms with E-state index < -0.39 is 0 Å². The molecule has 2 N–H and O–H groups in total. The summed E-state index contributed by atoms with van der Waals surface area (Å²) in [7, 11) is 0. The summed E-state index contributed by atoms with van der Waals surface area (Å²) < 4.78 is 0. The van der Waals surface area contributed by atoms with E-state index in [-0.39, 0.29) is 0 Å². The summed E-state index contributed by atoms with van der Waals surface area (Å²) in [5, 5.41) is 8.64. The summed E-state index contributed by atoms with van der Waals surface area (Å²) in [5.74, 6) is 0. The molecule has 0 aromatic heterocycles. The van der Waals surface area contributed by atoms with Crippen LogP contribution in [0.1, 0.15) is 16.7 Å². The van der Waals surface area contributed by atoms with E-state index in [4.69, 9.17) is 5.21 Å². The molecule has 0 saturated heterocycles. The topological polar surface area (TPSA) is 32.3 Å². The lowest BCUT2D eigenvalue weighted by Crippen LogP contribution is -2.08. The Morgan fingerprint density at radius 3 is 2.62 bits per heavy atom. The molecule has 13 heavy (non-hydrogen) atoms. The zero-order valence-corrected chi connectivity index (χ0v) is 9.03. The van der Waals surface area contributed by atoms with Crippen molar-refractivity contribution in [1.29, 1.82) is 0 Å². The molecule has 0 unspecified atom stereocenters. The molecule has 0 amide bonds. The van der Waals surface area contributed by atoms with E-state index in [0.717, 1.165) is 5.56 Å². The highest BCUT2D eigenvalue weighted by molar-refractivity contribution is 7.98. The number of rotatable bonds is 3. The predicted octanol–water partition coefficient (Wildman–Crippen LogP) is 2.50. The van der Waals surface area contributed by atoms with E-state index in [1.165, 1.54) is 16.0 Å². The fourth-order valence-corrected chi connectivity index (χ4v) is 1.84. The Morgan fingerprint density at radius 1 is 1.38 bits per heavy atom. The second-order valence-corrected chi connectivity index (χ2v) is 3.94. The minimum Gasteiger partial charge on any atom is -0.316 e. The lowest BCUT2D eigenvalue weighted by Gasteiger charge is -2.09. The second-order valence-electron chi connectivity index (χ2n) is 3.06. The largest absolute Gasteiger partial charge is 0.316 e. The number of hydrogen-bond donors (Lipinski definition) is 2. The summed E-state index contributed by atoms with van der Waals surface area (Å²) >= 11 is 1.72. The molecule has 0 radical (unpaired) electrons. The first-order valence-corrected chi connectivity index (χ1v) is 5.42. The van der Waals surface area contributed by atoms with Crippen molar-refractivity contribution < 1.29 is 5.21 Å². The first-order valence-electron chi connectivity index (χ1n) is 4.20. The average molecular weight is 197 g/mol. The van der Waals surface area contributed by atoms with Crippen LogP contribution in [0.15, 0.2) is 17.0 Å². The van der Waals surface area contributed by atoms with Crippen LogP contribution in [0.4, 0.5) is 0 Å². The minimum absolute atomic E-state index is 0.515. The third kappa shape index (κ3) is 2.46. The predicted molar refractivity (Wildman–Crippen MR) is 56.3 cm³/mol. The Kier molecular flexibility index (Phi) is 3.78. The molecule has 0 heterocycles. The van der Waals surface area contributed by atoms with E-state index in [2.05, 4.69) is 37.7 Å². The van der Waals surface area contributed by atoms with Gasteiger partial charge in [0.25, 0.3) is 0 Å². The highest BCUT2D eigenvalue weighted by Crippen LogP contribution is 2.22. The molecule has 1 rings (SSSR count). The van der Waals surface area contributed by atoms with Crippen LogP contribution in [0.3, 0.4) is 0 Å². The lowest BCUT2D eigenvalue weighted by atomic mass is 10.0. The summed E-state index contributed by atoms with van der Waals surface area (Å²) in [6.45, 7) is 4.68. The fraction of sp³-hybridized carbons (Fsp3) is 0.400. The van der Waals surface area contributed by atoms with Crippen LogP contribution in [0.25, 0.3) is 0 Å². The first kappa shape index (κ1) is 10.6. The third-order valence-corrected chi connectivity index (χ3v) is 2.96. The van der Waals surface area contributed by atoms with Crippen molar-refractivity contribution in [3.8, 4) is 0 Å². The third-order valence-electron chi connectivity index (χ3n) is 2.25. The molecule has 0 saturated carbocycles.